The van der Waals surface area contributed by atoms with Gasteiger partial charge in [0.1, 0.15) is 5.82 Å². The topological polar surface area (TPSA) is 71.8 Å². The van der Waals surface area contributed by atoms with E-state index >= 15 is 0 Å². The van der Waals surface area contributed by atoms with E-state index in [2.05, 4.69) is 20.8 Å². The summed E-state index contributed by atoms with van der Waals surface area (Å²) < 4.78 is 12.8. The molecule has 1 aromatic heterocycles. The standard InChI is InChI=1S/C13H16FN5O/c1-9(15-2)7-16-13(20)12-8-17-19(18-12)11-5-3-10(14)4-6-11/h3-6,8-9,15H,7H2,1-2H3,(H,16,20). The number of hydrogen-bond donors (Lipinski definition) is 2. The van der Waals surface area contributed by atoms with Crippen LogP contribution >= 0.6 is 0 Å². The molecule has 106 valence electrons. The summed E-state index contributed by atoms with van der Waals surface area (Å²) in [7, 11) is 1.82. The van der Waals surface area contributed by atoms with Gasteiger partial charge in [0.05, 0.1) is 11.9 Å². The van der Waals surface area contributed by atoms with Crippen LogP contribution in [0, 0.1) is 5.82 Å². The van der Waals surface area contributed by atoms with Gasteiger partial charge in [-0.3, -0.25) is 4.79 Å². The molecule has 0 aliphatic heterocycles. The zero-order valence-corrected chi connectivity index (χ0v) is 11.3. The van der Waals surface area contributed by atoms with Gasteiger partial charge < -0.3 is 10.6 Å². The van der Waals surface area contributed by atoms with Gasteiger partial charge in [-0.2, -0.15) is 9.90 Å². The summed E-state index contributed by atoms with van der Waals surface area (Å²) in [6, 6.07) is 5.88. The first-order chi connectivity index (χ1) is 9.60. The number of carbonyl (C=O) groups is 1. The molecule has 6 nitrogen and oxygen atoms in total. The first-order valence-corrected chi connectivity index (χ1v) is 6.24. The lowest BCUT2D eigenvalue weighted by molar-refractivity contribution is 0.0945. The summed E-state index contributed by atoms with van der Waals surface area (Å²) in [5.74, 6) is -0.625. The molecule has 2 N–H and O–H groups in total. The molecule has 1 heterocycles. The predicted octanol–water partition coefficient (Wildman–Crippen LogP) is 0.744. The molecular formula is C13H16FN5O. The minimum atomic E-state index is -0.333. The molecule has 0 saturated heterocycles. The van der Waals surface area contributed by atoms with Crippen molar-refractivity contribution >= 4 is 5.91 Å². The molecule has 2 rings (SSSR count). The molecule has 0 aliphatic carbocycles. The van der Waals surface area contributed by atoms with Crippen LogP contribution in [0.1, 0.15) is 17.4 Å². The Morgan fingerprint density at radius 3 is 2.75 bits per heavy atom. The highest BCUT2D eigenvalue weighted by molar-refractivity contribution is 5.91. The second-order valence-corrected chi connectivity index (χ2v) is 4.40. The van der Waals surface area contributed by atoms with Crippen molar-refractivity contribution in [3.05, 3.63) is 42.0 Å². The Balaban J connectivity index is 2.05. The molecule has 0 saturated carbocycles. The van der Waals surface area contributed by atoms with Gasteiger partial charge in [-0.25, -0.2) is 4.39 Å². The van der Waals surface area contributed by atoms with Crippen LogP contribution in [0.5, 0.6) is 0 Å². The van der Waals surface area contributed by atoms with Crippen LogP contribution in [0.3, 0.4) is 0 Å². The fourth-order valence-corrected chi connectivity index (χ4v) is 1.50. The van der Waals surface area contributed by atoms with E-state index in [0.29, 0.717) is 12.2 Å². The Labute approximate surface area is 116 Å². The number of carbonyl (C=O) groups excluding carboxylic acids is 1. The summed E-state index contributed by atoms with van der Waals surface area (Å²) in [5.41, 5.74) is 0.812. The molecule has 1 amide bonds. The monoisotopic (exact) mass is 277 g/mol. The highest BCUT2D eigenvalue weighted by atomic mass is 19.1. The number of likely N-dealkylation sites (N-methyl/N-ethyl adjacent to an activating group) is 1. The molecule has 0 radical (unpaired) electrons. The summed E-state index contributed by atoms with van der Waals surface area (Å²) in [5, 5.41) is 13.8. The van der Waals surface area contributed by atoms with Crippen molar-refractivity contribution in [2.75, 3.05) is 13.6 Å². The Hall–Kier alpha value is -2.28. The first-order valence-electron chi connectivity index (χ1n) is 6.24. The van der Waals surface area contributed by atoms with Gasteiger partial charge >= 0.3 is 0 Å². The van der Waals surface area contributed by atoms with Gasteiger partial charge in [0.25, 0.3) is 5.91 Å². The Kier molecular flexibility index (Phi) is 4.41. The molecule has 7 heteroatoms. The van der Waals surface area contributed by atoms with Crippen LogP contribution in [0.25, 0.3) is 5.69 Å². The number of aromatic nitrogens is 3. The average molecular weight is 277 g/mol. The first kappa shape index (κ1) is 14.1. The van der Waals surface area contributed by atoms with E-state index < -0.39 is 0 Å². The summed E-state index contributed by atoms with van der Waals surface area (Å²) in [6.07, 6.45) is 1.38. The van der Waals surface area contributed by atoms with Gasteiger partial charge in [0.2, 0.25) is 0 Å². The third-order valence-corrected chi connectivity index (χ3v) is 2.84. The molecule has 1 unspecified atom stereocenters. The quantitative estimate of drug-likeness (QED) is 0.845. The average Bonchev–Trinajstić information content (AvgIpc) is 2.95. The number of benzene rings is 1. The Morgan fingerprint density at radius 1 is 1.40 bits per heavy atom. The molecule has 2 aromatic rings. The molecular weight excluding hydrogens is 261 g/mol. The van der Waals surface area contributed by atoms with E-state index in [-0.39, 0.29) is 23.5 Å². The van der Waals surface area contributed by atoms with E-state index in [0.717, 1.165) is 0 Å². The maximum atomic E-state index is 12.8. The second kappa shape index (κ2) is 6.25. The Morgan fingerprint density at radius 2 is 2.10 bits per heavy atom. The number of nitrogens with zero attached hydrogens (tertiary/aromatic N) is 3. The molecule has 0 fully saturated rings. The van der Waals surface area contributed by atoms with Crippen LogP contribution < -0.4 is 10.6 Å². The van der Waals surface area contributed by atoms with Crippen LogP contribution in [0.15, 0.2) is 30.5 Å². The van der Waals surface area contributed by atoms with Crippen molar-refractivity contribution < 1.29 is 9.18 Å². The van der Waals surface area contributed by atoms with Crippen LogP contribution in [0.4, 0.5) is 4.39 Å². The maximum Gasteiger partial charge on any atom is 0.273 e. The maximum absolute atomic E-state index is 12.8. The zero-order chi connectivity index (χ0) is 14.5. The third-order valence-electron chi connectivity index (χ3n) is 2.84. The van der Waals surface area contributed by atoms with Gasteiger partial charge in [-0.15, -0.1) is 5.10 Å². The second-order valence-electron chi connectivity index (χ2n) is 4.40. The van der Waals surface area contributed by atoms with Crippen molar-refractivity contribution in [2.24, 2.45) is 0 Å². The Bertz CT molecular complexity index is 581. The van der Waals surface area contributed by atoms with E-state index in [1.165, 1.54) is 23.1 Å². The minimum absolute atomic E-state index is 0.172. The molecule has 20 heavy (non-hydrogen) atoms. The molecule has 0 aliphatic rings. The SMILES string of the molecule is CNC(C)CNC(=O)c1cnn(-c2ccc(F)cc2)n1. The van der Waals surface area contributed by atoms with Crippen molar-refractivity contribution in [3.63, 3.8) is 0 Å². The summed E-state index contributed by atoms with van der Waals surface area (Å²) in [4.78, 5) is 13.1. The number of amides is 1. The van der Waals surface area contributed by atoms with Crippen molar-refractivity contribution in [1.29, 1.82) is 0 Å². The van der Waals surface area contributed by atoms with E-state index in [9.17, 15) is 9.18 Å². The van der Waals surface area contributed by atoms with Crippen LogP contribution in [-0.4, -0.2) is 40.5 Å². The third kappa shape index (κ3) is 3.39. The van der Waals surface area contributed by atoms with Crippen molar-refractivity contribution in [2.45, 2.75) is 13.0 Å². The zero-order valence-electron chi connectivity index (χ0n) is 11.3. The summed E-state index contributed by atoms with van der Waals surface area (Å²) >= 11 is 0. The predicted molar refractivity (Wildman–Crippen MR) is 72.2 cm³/mol. The highest BCUT2D eigenvalue weighted by Gasteiger charge is 2.12. The van der Waals surface area contributed by atoms with Gasteiger partial charge in [0, 0.05) is 12.6 Å². The van der Waals surface area contributed by atoms with E-state index in [1.54, 1.807) is 12.1 Å². The molecule has 1 aromatic carbocycles. The lowest BCUT2D eigenvalue weighted by Crippen LogP contribution is -2.37. The van der Waals surface area contributed by atoms with E-state index in [4.69, 9.17) is 0 Å². The number of rotatable bonds is 5. The van der Waals surface area contributed by atoms with Crippen molar-refractivity contribution in [3.8, 4) is 5.69 Å². The van der Waals surface area contributed by atoms with Crippen LogP contribution in [0.2, 0.25) is 0 Å². The highest BCUT2D eigenvalue weighted by Crippen LogP contribution is 2.06. The van der Waals surface area contributed by atoms with Gasteiger partial charge in [0.15, 0.2) is 5.69 Å². The molecule has 1 atom stereocenters. The fraction of sp³-hybridized carbons (Fsp3) is 0.308. The minimum Gasteiger partial charge on any atom is -0.349 e. The van der Waals surface area contributed by atoms with Crippen LogP contribution in [-0.2, 0) is 0 Å². The number of hydrogen-bond acceptors (Lipinski definition) is 4. The van der Waals surface area contributed by atoms with Crippen molar-refractivity contribution in [1.82, 2.24) is 25.6 Å². The summed E-state index contributed by atoms with van der Waals surface area (Å²) in [6.45, 7) is 2.45. The van der Waals surface area contributed by atoms with Gasteiger partial charge in [-0.1, -0.05) is 0 Å². The lowest BCUT2D eigenvalue weighted by Gasteiger charge is -2.09. The smallest absolute Gasteiger partial charge is 0.273 e. The van der Waals surface area contributed by atoms with E-state index in [1.807, 2.05) is 14.0 Å². The van der Waals surface area contributed by atoms with Gasteiger partial charge in [-0.05, 0) is 38.2 Å². The molecule has 0 bridgehead atoms. The lowest BCUT2D eigenvalue weighted by atomic mass is 10.3. The fourth-order valence-electron chi connectivity index (χ4n) is 1.50. The number of halogens is 1. The largest absolute Gasteiger partial charge is 0.349 e. The molecule has 0 spiro atoms. The normalized spacial score (nSPS) is 12.2. The number of nitrogens with one attached hydrogen (secondary N) is 2.